The van der Waals surface area contributed by atoms with Gasteiger partial charge in [0, 0.05) is 13.2 Å². The minimum atomic E-state index is -0.161. The predicted octanol–water partition coefficient (Wildman–Crippen LogP) is 3.08. The van der Waals surface area contributed by atoms with Crippen LogP contribution in [0.25, 0.3) is 11.2 Å². The number of hydrogen-bond donors (Lipinski definition) is 0. The molecular weight excluding hydrogens is 286 g/mol. The second kappa shape index (κ2) is 5.48. The van der Waals surface area contributed by atoms with Crippen molar-refractivity contribution in [3.63, 3.8) is 0 Å². The van der Waals surface area contributed by atoms with E-state index in [2.05, 4.69) is 21.6 Å². The minimum Gasteiger partial charge on any atom is -0.306 e. The second-order valence-corrected chi connectivity index (χ2v) is 5.74. The van der Waals surface area contributed by atoms with Crippen molar-refractivity contribution in [2.24, 2.45) is 7.05 Å². The molecule has 0 bridgehead atoms. The first-order valence-corrected chi connectivity index (χ1v) is 7.51. The normalized spacial score (nSPS) is 13.0. The first-order valence-electron chi connectivity index (χ1n) is 7.07. The number of alkyl halides is 1. The summed E-state index contributed by atoms with van der Waals surface area (Å²) in [5, 5.41) is 4.38. The van der Waals surface area contributed by atoms with Crippen LogP contribution >= 0.6 is 11.6 Å². The van der Waals surface area contributed by atoms with Crippen LogP contribution < -0.4 is 0 Å². The average molecular weight is 304 g/mol. The summed E-state index contributed by atoms with van der Waals surface area (Å²) in [6, 6.07) is 5.91. The van der Waals surface area contributed by atoms with Crippen LogP contribution in [-0.2, 0) is 20.0 Å². The van der Waals surface area contributed by atoms with Gasteiger partial charge in [0.25, 0.3) is 0 Å². The lowest BCUT2D eigenvalue weighted by Gasteiger charge is -2.10. The summed E-state index contributed by atoms with van der Waals surface area (Å²) in [6.45, 7) is 4.67. The SMILES string of the molecule is CCc1nn(C)c2c1nc(C(C)Cl)n2Cc1ccccn1. The van der Waals surface area contributed by atoms with Gasteiger partial charge in [0.15, 0.2) is 5.65 Å². The largest absolute Gasteiger partial charge is 0.306 e. The Hall–Kier alpha value is -1.88. The molecule has 0 saturated heterocycles. The van der Waals surface area contributed by atoms with E-state index in [1.54, 1.807) is 6.20 Å². The van der Waals surface area contributed by atoms with Crippen molar-refractivity contribution in [1.29, 1.82) is 0 Å². The van der Waals surface area contributed by atoms with Gasteiger partial charge in [-0.25, -0.2) is 4.98 Å². The average Bonchev–Trinajstić information content (AvgIpc) is 2.99. The maximum absolute atomic E-state index is 6.32. The van der Waals surface area contributed by atoms with Gasteiger partial charge in [0.1, 0.15) is 11.3 Å². The maximum atomic E-state index is 6.32. The third-order valence-corrected chi connectivity index (χ3v) is 3.75. The summed E-state index contributed by atoms with van der Waals surface area (Å²) >= 11 is 6.32. The van der Waals surface area contributed by atoms with Gasteiger partial charge >= 0.3 is 0 Å². The van der Waals surface area contributed by atoms with Crippen molar-refractivity contribution in [1.82, 2.24) is 24.3 Å². The Labute approximate surface area is 128 Å². The molecule has 0 aromatic carbocycles. The highest BCUT2D eigenvalue weighted by atomic mass is 35.5. The van der Waals surface area contributed by atoms with Crippen LogP contribution in [-0.4, -0.2) is 24.3 Å². The first-order chi connectivity index (χ1) is 10.1. The van der Waals surface area contributed by atoms with E-state index in [0.29, 0.717) is 6.54 Å². The van der Waals surface area contributed by atoms with Crippen LogP contribution in [0.4, 0.5) is 0 Å². The molecule has 3 aromatic rings. The fourth-order valence-corrected chi connectivity index (χ4v) is 2.78. The van der Waals surface area contributed by atoms with Crippen molar-refractivity contribution < 1.29 is 0 Å². The predicted molar refractivity (Wildman–Crippen MR) is 83.5 cm³/mol. The Kier molecular flexibility index (Phi) is 3.68. The molecule has 0 N–H and O–H groups in total. The van der Waals surface area contributed by atoms with E-state index in [1.165, 1.54) is 0 Å². The summed E-state index contributed by atoms with van der Waals surface area (Å²) in [5.74, 6) is 0.861. The van der Waals surface area contributed by atoms with E-state index >= 15 is 0 Å². The van der Waals surface area contributed by atoms with Gasteiger partial charge in [-0.15, -0.1) is 11.6 Å². The molecule has 0 radical (unpaired) electrons. The number of aromatic nitrogens is 5. The topological polar surface area (TPSA) is 48.5 Å². The zero-order valence-electron chi connectivity index (χ0n) is 12.4. The molecule has 110 valence electrons. The van der Waals surface area contributed by atoms with E-state index in [1.807, 2.05) is 36.9 Å². The van der Waals surface area contributed by atoms with Gasteiger partial charge < -0.3 is 4.57 Å². The highest BCUT2D eigenvalue weighted by molar-refractivity contribution is 6.20. The van der Waals surface area contributed by atoms with Crippen LogP contribution in [0, 0.1) is 0 Å². The molecule has 0 aliphatic heterocycles. The highest BCUT2D eigenvalue weighted by Gasteiger charge is 2.21. The molecule has 1 unspecified atom stereocenters. The van der Waals surface area contributed by atoms with Crippen LogP contribution in [0.2, 0.25) is 0 Å². The first kappa shape index (κ1) is 14.1. The summed E-state index contributed by atoms with van der Waals surface area (Å²) in [7, 11) is 1.95. The number of hydrogen-bond acceptors (Lipinski definition) is 3. The molecule has 0 spiro atoms. The zero-order chi connectivity index (χ0) is 15.0. The molecule has 3 heterocycles. The fraction of sp³-hybridized carbons (Fsp3) is 0.400. The lowest BCUT2D eigenvalue weighted by molar-refractivity contribution is 0.675. The molecule has 0 fully saturated rings. The summed E-state index contributed by atoms with van der Waals surface area (Å²) in [5.41, 5.74) is 3.93. The summed E-state index contributed by atoms with van der Waals surface area (Å²) < 4.78 is 3.99. The van der Waals surface area contributed by atoms with Gasteiger partial charge in [0.05, 0.1) is 23.3 Å². The molecule has 0 aliphatic rings. The van der Waals surface area contributed by atoms with Crippen molar-refractivity contribution in [2.45, 2.75) is 32.2 Å². The van der Waals surface area contributed by atoms with Gasteiger partial charge in [0.2, 0.25) is 0 Å². The third-order valence-electron chi connectivity index (χ3n) is 3.56. The maximum Gasteiger partial charge on any atom is 0.159 e. The Morgan fingerprint density at radius 2 is 2.14 bits per heavy atom. The number of fused-ring (bicyclic) bond motifs is 1. The standard InChI is InChI=1S/C15H18ClN5/c1-4-12-13-15(20(3)19-12)21(14(18-13)10(2)16)9-11-7-5-6-8-17-11/h5-8,10H,4,9H2,1-3H3. The monoisotopic (exact) mass is 303 g/mol. The van der Waals surface area contributed by atoms with Crippen molar-refractivity contribution in [3.05, 3.63) is 41.6 Å². The smallest absolute Gasteiger partial charge is 0.159 e. The second-order valence-electron chi connectivity index (χ2n) is 5.09. The number of imidazole rings is 1. The third kappa shape index (κ3) is 2.42. The molecule has 6 heteroatoms. The van der Waals surface area contributed by atoms with Crippen molar-refractivity contribution in [3.8, 4) is 0 Å². The molecule has 3 aromatic heterocycles. The Balaban J connectivity index is 2.18. The van der Waals surface area contributed by atoms with Gasteiger partial charge in [-0.05, 0) is 25.5 Å². The molecule has 1 atom stereocenters. The Morgan fingerprint density at radius 1 is 1.33 bits per heavy atom. The Bertz CT molecular complexity index is 757. The van der Waals surface area contributed by atoms with Crippen LogP contribution in [0.15, 0.2) is 24.4 Å². The molecule has 0 amide bonds. The lowest BCUT2D eigenvalue weighted by Crippen LogP contribution is -2.10. The number of nitrogens with zero attached hydrogens (tertiary/aromatic N) is 5. The number of rotatable bonds is 4. The van der Waals surface area contributed by atoms with E-state index in [-0.39, 0.29) is 5.38 Å². The van der Waals surface area contributed by atoms with E-state index in [0.717, 1.165) is 34.8 Å². The quantitative estimate of drug-likeness (QED) is 0.696. The van der Waals surface area contributed by atoms with Crippen LogP contribution in [0.3, 0.4) is 0 Å². The fourth-order valence-electron chi connectivity index (χ4n) is 2.61. The van der Waals surface area contributed by atoms with Gasteiger partial charge in [-0.1, -0.05) is 13.0 Å². The zero-order valence-corrected chi connectivity index (χ0v) is 13.2. The number of halogens is 1. The molecule has 21 heavy (non-hydrogen) atoms. The van der Waals surface area contributed by atoms with Gasteiger partial charge in [-0.3, -0.25) is 9.67 Å². The summed E-state index contributed by atoms with van der Waals surface area (Å²) in [4.78, 5) is 9.12. The minimum absolute atomic E-state index is 0.161. The van der Waals surface area contributed by atoms with E-state index in [9.17, 15) is 0 Å². The number of pyridine rings is 1. The highest BCUT2D eigenvalue weighted by Crippen LogP contribution is 2.27. The van der Waals surface area contributed by atoms with Crippen LogP contribution in [0.1, 0.15) is 36.4 Å². The molecule has 5 nitrogen and oxygen atoms in total. The lowest BCUT2D eigenvalue weighted by atomic mass is 10.3. The van der Waals surface area contributed by atoms with Crippen molar-refractivity contribution in [2.75, 3.05) is 0 Å². The molecular formula is C15H18ClN5. The van der Waals surface area contributed by atoms with E-state index < -0.39 is 0 Å². The van der Waals surface area contributed by atoms with E-state index in [4.69, 9.17) is 16.6 Å². The molecule has 0 aliphatic carbocycles. The van der Waals surface area contributed by atoms with Crippen molar-refractivity contribution >= 4 is 22.8 Å². The number of aryl methyl sites for hydroxylation is 2. The van der Waals surface area contributed by atoms with Crippen LogP contribution in [0.5, 0.6) is 0 Å². The van der Waals surface area contributed by atoms with Gasteiger partial charge in [-0.2, -0.15) is 5.10 Å². The summed E-state index contributed by atoms with van der Waals surface area (Å²) in [6.07, 6.45) is 2.65. The Morgan fingerprint density at radius 3 is 2.76 bits per heavy atom. The molecule has 3 rings (SSSR count). The molecule has 0 saturated carbocycles.